The average molecular weight is 384 g/mol. The molecular formula is C22H29FN4O. The third-order valence-electron chi connectivity index (χ3n) is 6.56. The largest absolute Gasteiger partial charge is 0.364 e. The molecule has 28 heavy (non-hydrogen) atoms. The molecule has 2 aromatic rings. The first-order chi connectivity index (χ1) is 13.3. The molecule has 1 unspecified atom stereocenters. The van der Waals surface area contributed by atoms with Gasteiger partial charge in [-0.05, 0) is 71.2 Å². The van der Waals surface area contributed by atoms with E-state index in [1.807, 2.05) is 30.7 Å². The van der Waals surface area contributed by atoms with Crippen LogP contribution in [-0.2, 0) is 6.54 Å². The van der Waals surface area contributed by atoms with E-state index in [1.165, 1.54) is 12.1 Å². The minimum absolute atomic E-state index is 0.0893. The van der Waals surface area contributed by atoms with Gasteiger partial charge in [-0.3, -0.25) is 9.48 Å². The Morgan fingerprint density at radius 1 is 1.25 bits per heavy atom. The predicted molar refractivity (Wildman–Crippen MR) is 108 cm³/mol. The molecule has 4 rings (SSSR count). The normalized spacial score (nSPS) is 23.8. The molecule has 2 saturated heterocycles. The Kier molecular flexibility index (Phi) is 4.47. The fourth-order valence-corrected chi connectivity index (χ4v) is 5.25. The first-order valence-corrected chi connectivity index (χ1v) is 10.1. The summed E-state index contributed by atoms with van der Waals surface area (Å²) < 4.78 is 15.3. The number of benzene rings is 1. The van der Waals surface area contributed by atoms with Crippen molar-refractivity contribution >= 4 is 11.6 Å². The third kappa shape index (κ3) is 2.90. The van der Waals surface area contributed by atoms with Crippen LogP contribution in [0.1, 0.15) is 56.1 Å². The molecule has 0 bridgehead atoms. The number of hydrogen-bond donors (Lipinski definition) is 0. The minimum Gasteiger partial charge on any atom is -0.364 e. The molecule has 6 heteroatoms. The second-order valence-corrected chi connectivity index (χ2v) is 8.80. The lowest BCUT2D eigenvalue weighted by Gasteiger charge is -2.35. The second-order valence-electron chi connectivity index (χ2n) is 8.80. The molecule has 0 radical (unpaired) electrons. The highest BCUT2D eigenvalue weighted by Gasteiger charge is 2.55. The standard InChI is InChI=1S/C22H29FN4O/c1-5-27-16(2)19(13-24-27)20(28)25-12-6-11-22(25)14-21(3,4)26(15-22)18-9-7-17(23)8-10-18/h7-10,13H,5-6,11-12,14-15H2,1-4H3. The lowest BCUT2D eigenvalue weighted by Crippen LogP contribution is -2.49. The van der Waals surface area contributed by atoms with Gasteiger partial charge < -0.3 is 9.80 Å². The summed E-state index contributed by atoms with van der Waals surface area (Å²) in [7, 11) is 0. The highest BCUT2D eigenvalue weighted by atomic mass is 19.1. The smallest absolute Gasteiger partial charge is 0.257 e. The molecule has 150 valence electrons. The monoisotopic (exact) mass is 384 g/mol. The number of carbonyl (C=O) groups excluding carboxylic acids is 1. The number of carbonyl (C=O) groups is 1. The first kappa shape index (κ1) is 19.0. The SMILES string of the molecule is CCn1ncc(C(=O)N2CCCC23CN(c2ccc(F)cc2)C(C)(C)C3)c1C. The minimum atomic E-state index is -0.225. The van der Waals surface area contributed by atoms with Crippen molar-refractivity contribution in [3.8, 4) is 0 Å². The van der Waals surface area contributed by atoms with Gasteiger partial charge in [0.05, 0.1) is 17.3 Å². The zero-order valence-electron chi connectivity index (χ0n) is 17.2. The molecular weight excluding hydrogens is 355 g/mol. The van der Waals surface area contributed by atoms with Gasteiger partial charge in [0.2, 0.25) is 0 Å². The Balaban J connectivity index is 1.65. The highest BCUT2D eigenvalue weighted by Crippen LogP contribution is 2.47. The van der Waals surface area contributed by atoms with E-state index >= 15 is 0 Å². The van der Waals surface area contributed by atoms with E-state index in [2.05, 4.69) is 28.7 Å². The lowest BCUT2D eigenvalue weighted by molar-refractivity contribution is 0.0616. The van der Waals surface area contributed by atoms with Crippen LogP contribution in [0.2, 0.25) is 0 Å². The fourth-order valence-electron chi connectivity index (χ4n) is 5.25. The van der Waals surface area contributed by atoms with Gasteiger partial charge in [0.15, 0.2) is 0 Å². The lowest BCUT2D eigenvalue weighted by atomic mass is 9.87. The van der Waals surface area contributed by atoms with Gasteiger partial charge in [-0.15, -0.1) is 0 Å². The van der Waals surface area contributed by atoms with Crippen LogP contribution >= 0.6 is 0 Å². The van der Waals surface area contributed by atoms with E-state index in [-0.39, 0.29) is 22.8 Å². The van der Waals surface area contributed by atoms with Crippen molar-refractivity contribution in [2.75, 3.05) is 18.0 Å². The number of hydrogen-bond acceptors (Lipinski definition) is 3. The van der Waals surface area contributed by atoms with E-state index in [9.17, 15) is 9.18 Å². The predicted octanol–water partition coefficient (Wildman–Crippen LogP) is 4.01. The maximum atomic E-state index is 13.5. The molecule has 1 atom stereocenters. The summed E-state index contributed by atoms with van der Waals surface area (Å²) in [6.07, 6.45) is 4.63. The van der Waals surface area contributed by atoms with Crippen molar-refractivity contribution in [1.82, 2.24) is 14.7 Å². The number of rotatable bonds is 3. The average Bonchev–Trinajstić information content (AvgIpc) is 3.30. The Labute approximate surface area is 166 Å². The molecule has 2 aliphatic heterocycles. The van der Waals surface area contributed by atoms with Gasteiger partial charge in [0.1, 0.15) is 5.82 Å². The molecule has 3 heterocycles. The molecule has 1 amide bonds. The highest BCUT2D eigenvalue weighted by molar-refractivity contribution is 5.96. The molecule has 1 spiro atoms. The van der Waals surface area contributed by atoms with Crippen molar-refractivity contribution < 1.29 is 9.18 Å². The van der Waals surface area contributed by atoms with Gasteiger partial charge in [0, 0.05) is 36.6 Å². The van der Waals surface area contributed by atoms with Crippen molar-refractivity contribution in [2.45, 2.75) is 64.6 Å². The summed E-state index contributed by atoms with van der Waals surface area (Å²) in [4.78, 5) is 17.9. The van der Waals surface area contributed by atoms with Crippen LogP contribution in [0.5, 0.6) is 0 Å². The molecule has 1 aromatic heterocycles. The summed E-state index contributed by atoms with van der Waals surface area (Å²) in [5.41, 5.74) is 2.36. The number of aromatic nitrogens is 2. The van der Waals surface area contributed by atoms with E-state index in [4.69, 9.17) is 0 Å². The van der Waals surface area contributed by atoms with Gasteiger partial charge in [-0.1, -0.05) is 0 Å². The van der Waals surface area contributed by atoms with Gasteiger partial charge in [-0.2, -0.15) is 5.10 Å². The summed E-state index contributed by atoms with van der Waals surface area (Å²) in [5.74, 6) is -0.136. The van der Waals surface area contributed by atoms with Crippen molar-refractivity contribution in [1.29, 1.82) is 0 Å². The Hall–Kier alpha value is -2.37. The van der Waals surface area contributed by atoms with E-state index in [0.717, 1.165) is 50.3 Å². The fraction of sp³-hybridized carbons (Fsp3) is 0.545. The quantitative estimate of drug-likeness (QED) is 0.803. The number of aryl methyl sites for hydroxylation is 1. The van der Waals surface area contributed by atoms with Gasteiger partial charge >= 0.3 is 0 Å². The Bertz CT molecular complexity index is 888. The Morgan fingerprint density at radius 3 is 2.61 bits per heavy atom. The summed E-state index contributed by atoms with van der Waals surface area (Å²) in [5, 5.41) is 4.36. The van der Waals surface area contributed by atoms with E-state index in [0.29, 0.717) is 5.56 Å². The summed E-state index contributed by atoms with van der Waals surface area (Å²) in [6.45, 7) is 10.7. The maximum Gasteiger partial charge on any atom is 0.257 e. The number of halogens is 1. The van der Waals surface area contributed by atoms with E-state index in [1.54, 1.807) is 6.20 Å². The third-order valence-corrected chi connectivity index (χ3v) is 6.56. The second kappa shape index (κ2) is 6.61. The number of anilines is 1. The molecule has 5 nitrogen and oxygen atoms in total. The zero-order valence-corrected chi connectivity index (χ0v) is 17.2. The van der Waals surface area contributed by atoms with Crippen LogP contribution in [0, 0.1) is 12.7 Å². The molecule has 2 fully saturated rings. The number of nitrogens with zero attached hydrogens (tertiary/aromatic N) is 4. The summed E-state index contributed by atoms with van der Waals surface area (Å²) >= 11 is 0. The topological polar surface area (TPSA) is 41.4 Å². The van der Waals surface area contributed by atoms with Crippen LogP contribution in [0.25, 0.3) is 0 Å². The van der Waals surface area contributed by atoms with Gasteiger partial charge in [0.25, 0.3) is 5.91 Å². The van der Waals surface area contributed by atoms with Crippen molar-refractivity contribution in [2.24, 2.45) is 0 Å². The number of amides is 1. The molecule has 0 aliphatic carbocycles. The molecule has 2 aliphatic rings. The van der Waals surface area contributed by atoms with Crippen molar-refractivity contribution in [3.05, 3.63) is 47.5 Å². The molecule has 0 N–H and O–H groups in total. The summed E-state index contributed by atoms with van der Waals surface area (Å²) in [6, 6.07) is 6.70. The zero-order chi connectivity index (χ0) is 20.1. The van der Waals surface area contributed by atoms with Crippen LogP contribution in [0.4, 0.5) is 10.1 Å². The molecule has 0 saturated carbocycles. The van der Waals surface area contributed by atoms with Crippen molar-refractivity contribution in [3.63, 3.8) is 0 Å². The maximum absolute atomic E-state index is 13.5. The Morgan fingerprint density at radius 2 is 1.96 bits per heavy atom. The number of likely N-dealkylation sites (tertiary alicyclic amines) is 1. The van der Waals surface area contributed by atoms with Crippen LogP contribution in [0.15, 0.2) is 30.5 Å². The van der Waals surface area contributed by atoms with Crippen LogP contribution < -0.4 is 4.90 Å². The van der Waals surface area contributed by atoms with E-state index < -0.39 is 0 Å². The van der Waals surface area contributed by atoms with Crippen LogP contribution in [-0.4, -0.2) is 44.8 Å². The first-order valence-electron chi connectivity index (χ1n) is 10.1. The van der Waals surface area contributed by atoms with Gasteiger partial charge in [-0.25, -0.2) is 4.39 Å². The van der Waals surface area contributed by atoms with Crippen LogP contribution in [0.3, 0.4) is 0 Å². The molecule has 1 aromatic carbocycles.